The topological polar surface area (TPSA) is 707 Å². The van der Waals surface area contributed by atoms with Gasteiger partial charge in [0.05, 0.1) is 63.1 Å². The highest BCUT2D eigenvalue weighted by Gasteiger charge is 2.65. The Bertz CT molecular complexity index is 2650. The average molecular weight is 1470 g/mol. The van der Waals surface area contributed by atoms with E-state index >= 15 is 0 Å². The van der Waals surface area contributed by atoms with Gasteiger partial charge < -0.3 is 204 Å². The van der Waals surface area contributed by atoms with Gasteiger partial charge in [-0.2, -0.15) is 0 Å². The van der Waals surface area contributed by atoms with Crippen molar-refractivity contribution in [2.75, 3.05) is 26.4 Å². The molecule has 44 heteroatoms. The van der Waals surface area contributed by atoms with E-state index in [9.17, 15) is 142 Å². The van der Waals surface area contributed by atoms with Crippen LogP contribution in [0.1, 0.15) is 47.5 Å². The van der Waals surface area contributed by atoms with Crippen LogP contribution in [0, 0.1) is 0 Å². The number of ether oxygens (including phenoxy) is 15. The van der Waals surface area contributed by atoms with Crippen LogP contribution in [-0.4, -0.2) is 429 Å². The van der Waals surface area contributed by atoms with E-state index in [2.05, 4.69) is 5.32 Å². The SMILES string of the molecule is CC(=O)N[C@@H]1[C@@H](O[C@@H]2O[C@H](CO)[C@H](O)[C@H](O[C@]3(C(=O)O)C[C@H](O[C@@H]4O[C@@H](C)[C@@H](O)[C@@H](O)[C@@H]4O)[C@@H](O[C@@H]4O[C@@H](C)[C@@H](O)[C@@H](O)[C@@H]4O)[C@H]([C@H](O)[C@H](O)CO)O3)[C@H]2O)[C@@H](O)[C@@H](CO[C@]2(C(=O)O)C[C@H](O[C@@H]3O[C@@H](C)[C@@H](O)[C@@H](O)[C@@H]3O)[C@@H](O[C@@H]3O[C@@H](C)[C@@H](O)[C@@H](O)[C@@H]3O)[C@H]([C@H](O)[C@H](O)CO)O2)O[C@@H]1O. The quantitative estimate of drug-likeness (QED) is 0.0404. The highest BCUT2D eigenvalue weighted by Crippen LogP contribution is 2.45. The normalized spacial score (nSPS) is 50.2. The largest absolute Gasteiger partial charge is 0.477 e. The van der Waals surface area contributed by atoms with E-state index in [0.717, 1.165) is 6.92 Å². The summed E-state index contributed by atoms with van der Waals surface area (Å²) in [7, 11) is 0. The molecule has 8 fully saturated rings. The molecule has 0 aromatic carbocycles. The molecule has 44 nitrogen and oxygen atoms in total. The Balaban J connectivity index is 1.12. The molecule has 8 aliphatic rings. The van der Waals surface area contributed by atoms with Crippen molar-refractivity contribution >= 4 is 17.8 Å². The first kappa shape index (κ1) is 82.5. The number of amides is 1. The number of nitrogens with one attached hydrogen (secondary N) is 1. The van der Waals surface area contributed by atoms with Gasteiger partial charge in [-0.3, -0.25) is 4.79 Å². The molecule has 0 bridgehead atoms. The number of hydrogen-bond acceptors (Lipinski definition) is 41. The van der Waals surface area contributed by atoms with E-state index in [0.29, 0.717) is 0 Å². The monoisotopic (exact) mass is 1470 g/mol. The Hall–Kier alpha value is -3.11. The highest BCUT2D eigenvalue weighted by atomic mass is 16.8. The summed E-state index contributed by atoms with van der Waals surface area (Å²) in [6.45, 7) is 0.427. The van der Waals surface area contributed by atoms with E-state index < -0.39 is 314 Å². The first-order valence-electron chi connectivity index (χ1n) is 31.8. The maximum atomic E-state index is 14.0. The second-order valence-corrected chi connectivity index (χ2v) is 25.9. The van der Waals surface area contributed by atoms with Crippen LogP contribution in [0.15, 0.2) is 0 Å². The fourth-order valence-corrected chi connectivity index (χ4v) is 12.9. The molecule has 100 heavy (non-hydrogen) atoms. The van der Waals surface area contributed by atoms with Crippen molar-refractivity contribution in [3.63, 3.8) is 0 Å². The van der Waals surface area contributed by atoms with Crippen LogP contribution < -0.4 is 5.32 Å². The fourth-order valence-electron chi connectivity index (χ4n) is 12.9. The van der Waals surface area contributed by atoms with Gasteiger partial charge in [-0.25, -0.2) is 9.59 Å². The van der Waals surface area contributed by atoms with Crippen LogP contribution in [0.2, 0.25) is 0 Å². The lowest BCUT2D eigenvalue weighted by Crippen LogP contribution is -2.71. The van der Waals surface area contributed by atoms with Gasteiger partial charge in [0.2, 0.25) is 5.91 Å². The zero-order chi connectivity index (χ0) is 74.4. The summed E-state index contributed by atoms with van der Waals surface area (Å²) >= 11 is 0. The average Bonchev–Trinajstić information content (AvgIpc) is 0.751. The molecular weight excluding hydrogens is 1370 g/mol. The number of carbonyl (C=O) groups excluding carboxylic acids is 1. The predicted octanol–water partition coefficient (Wildman–Crippen LogP) is -15.8. The second-order valence-electron chi connectivity index (χ2n) is 25.9. The summed E-state index contributed by atoms with van der Waals surface area (Å²) in [6.07, 6.45) is -85.5. The minimum absolute atomic E-state index is 0.885. The summed E-state index contributed by atoms with van der Waals surface area (Å²) in [4.78, 5) is 40.5. The molecule has 8 aliphatic heterocycles. The Labute approximate surface area is 565 Å². The molecule has 8 rings (SSSR count). The van der Waals surface area contributed by atoms with Crippen LogP contribution in [-0.2, 0) is 85.4 Å². The van der Waals surface area contributed by atoms with Crippen molar-refractivity contribution in [3.8, 4) is 0 Å². The number of hydrogen-bond donors (Lipinski definition) is 26. The van der Waals surface area contributed by atoms with Crippen molar-refractivity contribution in [1.29, 1.82) is 0 Å². The van der Waals surface area contributed by atoms with E-state index in [1.807, 2.05) is 0 Å². The van der Waals surface area contributed by atoms with E-state index in [1.54, 1.807) is 0 Å². The smallest absolute Gasteiger partial charge is 0.364 e. The number of carbonyl (C=O) groups is 3. The van der Waals surface area contributed by atoms with Crippen molar-refractivity contribution in [2.45, 2.75) is 304 Å². The number of aliphatic carboxylic acids is 2. The number of rotatable bonds is 25. The molecule has 0 spiro atoms. The molecule has 580 valence electrons. The first-order valence-corrected chi connectivity index (χ1v) is 31.8. The molecule has 8 saturated heterocycles. The fraction of sp³-hybridized carbons (Fsp3) is 0.946. The number of aliphatic hydroxyl groups excluding tert-OH is 23. The summed E-state index contributed by atoms with van der Waals surface area (Å²) < 4.78 is 87.3. The van der Waals surface area contributed by atoms with Gasteiger partial charge in [-0.05, 0) is 27.7 Å². The standard InChI is InChI=1S/C56H93NO43/c1-12-24(64)32(72)36(76)48(87-12)92-19-6-55(53(82)83,99-45(28(68)17(62)8-58)41(19)95-50-38(78)34(74)26(66)14(3)89-50)86-11-22-31(71)43(23(47(81)91-22)57-16(5)61)97-52-40(80)44(30(70)21(10-60)94-52)98-56(54(84)85)7-20(93-49-37(77)33(73)25(65)13(2)88-49)42(46(100-56)29(69)18(63)9-59)96-51-39(79)35(75)27(67)15(4)90-51/h12-15,17-52,58-60,62-81H,6-11H2,1-5H3,(H,57,61)(H,82,83)(H,84,85)/t12-,13-,14-,15-,17+,18+,19-,20-,21+,22+,23+,24+,25+,26+,27+,28+,29+,30-,31-,32+,33+,34+,35+,36-,37-,38-,39-,40+,41+,42+,43+,44-,45-,46-,47-,48-,49-,50-,51-,52-,55+,56+/m0/s1. The number of carboxylic acid groups (broad SMARTS) is 2. The molecule has 8 heterocycles. The molecular formula is C56H93NO43. The third kappa shape index (κ3) is 17.0. The number of aliphatic hydroxyl groups is 23. The molecule has 42 atom stereocenters. The summed E-state index contributed by atoms with van der Waals surface area (Å²) in [6, 6.07) is -2.04. The summed E-state index contributed by atoms with van der Waals surface area (Å²) in [5, 5.41) is 278. The Morgan fingerprint density at radius 2 is 0.780 bits per heavy atom. The van der Waals surface area contributed by atoms with Crippen LogP contribution in [0.3, 0.4) is 0 Å². The lowest BCUT2D eigenvalue weighted by Gasteiger charge is -2.52. The van der Waals surface area contributed by atoms with Gasteiger partial charge >= 0.3 is 11.9 Å². The van der Waals surface area contributed by atoms with Crippen LogP contribution in [0.25, 0.3) is 0 Å². The second kappa shape index (κ2) is 33.8. The summed E-state index contributed by atoms with van der Waals surface area (Å²) in [5.74, 6) is -12.4. The van der Waals surface area contributed by atoms with Gasteiger partial charge in [-0.15, -0.1) is 0 Å². The van der Waals surface area contributed by atoms with E-state index in [4.69, 9.17) is 71.1 Å². The predicted molar refractivity (Wildman–Crippen MR) is 305 cm³/mol. The van der Waals surface area contributed by atoms with Gasteiger partial charge in [0.15, 0.2) is 37.7 Å². The minimum Gasteiger partial charge on any atom is -0.477 e. The molecule has 0 saturated carbocycles. The lowest BCUT2D eigenvalue weighted by atomic mass is 9.89. The summed E-state index contributed by atoms with van der Waals surface area (Å²) in [5.41, 5.74) is 0. The van der Waals surface area contributed by atoms with Crippen molar-refractivity contribution in [1.82, 2.24) is 5.32 Å². The molecule has 0 radical (unpaired) electrons. The third-order valence-electron chi connectivity index (χ3n) is 18.9. The molecule has 0 aromatic rings. The maximum absolute atomic E-state index is 14.0. The third-order valence-corrected chi connectivity index (χ3v) is 18.9. The van der Waals surface area contributed by atoms with Crippen LogP contribution in [0.4, 0.5) is 0 Å². The highest BCUT2D eigenvalue weighted by molar-refractivity contribution is 5.76. The molecule has 0 unspecified atom stereocenters. The van der Waals surface area contributed by atoms with Gasteiger partial charge in [-0.1, -0.05) is 0 Å². The lowest BCUT2D eigenvalue weighted by molar-refractivity contribution is -0.408. The molecule has 1 amide bonds. The Morgan fingerprint density at radius 3 is 1.15 bits per heavy atom. The maximum Gasteiger partial charge on any atom is 0.364 e. The first-order chi connectivity index (χ1) is 46.8. The molecule has 0 aromatic heterocycles. The number of carboxylic acids is 2. The molecule has 0 aliphatic carbocycles. The van der Waals surface area contributed by atoms with Crippen LogP contribution >= 0.6 is 0 Å². The Morgan fingerprint density at radius 1 is 0.430 bits per heavy atom. The molecule has 26 N–H and O–H groups in total. The van der Waals surface area contributed by atoms with Crippen molar-refractivity contribution < 1.29 is 213 Å². The Kier molecular flexibility index (Phi) is 27.9. The van der Waals surface area contributed by atoms with Gasteiger partial charge in [0.25, 0.3) is 11.6 Å². The van der Waals surface area contributed by atoms with Gasteiger partial charge in [0.1, 0.15) is 171 Å². The van der Waals surface area contributed by atoms with E-state index in [-0.39, 0.29) is 0 Å². The van der Waals surface area contributed by atoms with Crippen molar-refractivity contribution in [3.05, 3.63) is 0 Å². The minimum atomic E-state index is -3.56. The zero-order valence-electron chi connectivity index (χ0n) is 53.9. The van der Waals surface area contributed by atoms with Crippen LogP contribution in [0.5, 0.6) is 0 Å². The van der Waals surface area contributed by atoms with E-state index in [1.165, 1.54) is 27.7 Å². The zero-order valence-corrected chi connectivity index (χ0v) is 53.9. The van der Waals surface area contributed by atoms with Gasteiger partial charge in [0, 0.05) is 19.8 Å². The van der Waals surface area contributed by atoms with Crippen molar-refractivity contribution in [2.24, 2.45) is 0 Å².